The van der Waals surface area contributed by atoms with Crippen molar-refractivity contribution in [2.75, 3.05) is 18.4 Å². The minimum absolute atomic E-state index is 0.615. The average Bonchev–Trinajstić information content (AvgIpc) is 2.57. The summed E-state index contributed by atoms with van der Waals surface area (Å²) in [6.07, 6.45) is 0. The molecule has 0 radical (unpaired) electrons. The molecule has 0 aromatic carbocycles. The molecular formula is C6H7BrN4S2. The summed E-state index contributed by atoms with van der Waals surface area (Å²) in [6, 6.07) is 0. The molecule has 0 amide bonds. The van der Waals surface area contributed by atoms with Crippen molar-refractivity contribution in [3.63, 3.8) is 0 Å². The largest absolute Gasteiger partial charge is 0.360 e. The standard InChI is InChI=1S/C6H7BrN4S2/c7-5-10-3-4(12-5)11-6(13-3)9-2-1-8/h1-2,8H2,(H,9,11). The Morgan fingerprint density at radius 1 is 1.31 bits per heavy atom. The van der Waals surface area contributed by atoms with Gasteiger partial charge in [-0.15, -0.1) is 0 Å². The van der Waals surface area contributed by atoms with Crippen LogP contribution in [-0.4, -0.2) is 23.1 Å². The van der Waals surface area contributed by atoms with Gasteiger partial charge < -0.3 is 11.1 Å². The van der Waals surface area contributed by atoms with Crippen LogP contribution in [0.1, 0.15) is 0 Å². The Bertz CT molecular complexity index is 378. The second kappa shape index (κ2) is 3.87. The zero-order valence-electron chi connectivity index (χ0n) is 6.58. The number of halogens is 1. The van der Waals surface area contributed by atoms with E-state index in [0.29, 0.717) is 6.54 Å². The lowest BCUT2D eigenvalue weighted by Gasteiger charge is -1.96. The number of anilines is 1. The van der Waals surface area contributed by atoms with Crippen molar-refractivity contribution in [3.8, 4) is 0 Å². The van der Waals surface area contributed by atoms with Gasteiger partial charge >= 0.3 is 0 Å². The number of nitrogens with one attached hydrogen (secondary N) is 1. The van der Waals surface area contributed by atoms with Crippen LogP contribution >= 0.6 is 38.6 Å². The zero-order valence-corrected chi connectivity index (χ0v) is 9.80. The first-order valence-corrected chi connectivity index (χ1v) is 6.09. The van der Waals surface area contributed by atoms with Crippen molar-refractivity contribution < 1.29 is 0 Å². The van der Waals surface area contributed by atoms with Crippen LogP contribution in [0.3, 0.4) is 0 Å². The molecule has 0 spiro atoms. The second-order valence-electron chi connectivity index (χ2n) is 2.31. The van der Waals surface area contributed by atoms with Crippen molar-refractivity contribution in [3.05, 3.63) is 3.92 Å². The van der Waals surface area contributed by atoms with Gasteiger partial charge in [0.05, 0.1) is 0 Å². The van der Waals surface area contributed by atoms with E-state index in [-0.39, 0.29) is 0 Å². The minimum Gasteiger partial charge on any atom is -0.360 e. The maximum Gasteiger partial charge on any atom is 0.186 e. The van der Waals surface area contributed by atoms with E-state index in [1.807, 2.05) is 0 Å². The highest BCUT2D eigenvalue weighted by Gasteiger charge is 2.07. The maximum atomic E-state index is 5.36. The number of nitrogens with zero attached hydrogens (tertiary/aromatic N) is 2. The number of rotatable bonds is 3. The highest BCUT2D eigenvalue weighted by molar-refractivity contribution is 9.11. The average molecular weight is 279 g/mol. The Hall–Kier alpha value is -0.240. The van der Waals surface area contributed by atoms with Gasteiger partial charge in [-0.1, -0.05) is 22.7 Å². The smallest absolute Gasteiger partial charge is 0.186 e. The van der Waals surface area contributed by atoms with E-state index in [9.17, 15) is 0 Å². The zero-order chi connectivity index (χ0) is 9.26. The van der Waals surface area contributed by atoms with E-state index in [1.54, 1.807) is 22.7 Å². The lowest BCUT2D eigenvalue weighted by atomic mass is 10.7. The number of fused-ring (bicyclic) bond motifs is 1. The first kappa shape index (κ1) is 9.32. The molecule has 2 heterocycles. The first-order valence-electron chi connectivity index (χ1n) is 3.66. The van der Waals surface area contributed by atoms with E-state index in [2.05, 4.69) is 31.2 Å². The van der Waals surface area contributed by atoms with Crippen LogP contribution in [0, 0.1) is 0 Å². The monoisotopic (exact) mass is 278 g/mol. The molecule has 0 fully saturated rings. The topological polar surface area (TPSA) is 63.8 Å². The van der Waals surface area contributed by atoms with Crippen LogP contribution in [0.25, 0.3) is 9.66 Å². The van der Waals surface area contributed by atoms with Gasteiger partial charge in [-0.3, -0.25) is 0 Å². The van der Waals surface area contributed by atoms with E-state index in [4.69, 9.17) is 5.73 Å². The molecule has 0 bridgehead atoms. The molecular weight excluding hydrogens is 272 g/mol. The van der Waals surface area contributed by atoms with Gasteiger partial charge in [-0.25, -0.2) is 9.97 Å². The summed E-state index contributed by atoms with van der Waals surface area (Å²) in [5.41, 5.74) is 5.36. The predicted molar refractivity (Wildman–Crippen MR) is 60.5 cm³/mol. The molecule has 0 aliphatic heterocycles. The van der Waals surface area contributed by atoms with Gasteiger partial charge in [0.15, 0.2) is 18.7 Å². The molecule has 2 rings (SSSR count). The summed E-state index contributed by atoms with van der Waals surface area (Å²) >= 11 is 6.40. The van der Waals surface area contributed by atoms with Gasteiger partial charge in [0.2, 0.25) is 0 Å². The Morgan fingerprint density at radius 2 is 2.08 bits per heavy atom. The fourth-order valence-corrected chi connectivity index (χ4v) is 3.32. The van der Waals surface area contributed by atoms with E-state index >= 15 is 0 Å². The SMILES string of the molecule is NCCNc1nc2sc(Br)nc2s1. The summed E-state index contributed by atoms with van der Waals surface area (Å²) in [4.78, 5) is 10.5. The lowest BCUT2D eigenvalue weighted by molar-refractivity contribution is 1.02. The van der Waals surface area contributed by atoms with Gasteiger partial charge in [-0.2, -0.15) is 0 Å². The van der Waals surface area contributed by atoms with Crippen LogP contribution < -0.4 is 11.1 Å². The number of thiazole rings is 2. The van der Waals surface area contributed by atoms with Gasteiger partial charge in [0.1, 0.15) is 0 Å². The highest BCUT2D eigenvalue weighted by atomic mass is 79.9. The summed E-state index contributed by atoms with van der Waals surface area (Å²) < 4.78 is 0.881. The van der Waals surface area contributed by atoms with E-state index < -0.39 is 0 Å². The molecule has 2 aromatic rings. The van der Waals surface area contributed by atoms with Crippen LogP contribution in [0.4, 0.5) is 5.13 Å². The molecule has 4 nitrogen and oxygen atoms in total. The summed E-state index contributed by atoms with van der Waals surface area (Å²) in [6.45, 7) is 1.37. The predicted octanol–water partition coefficient (Wildman–Crippen LogP) is 1.89. The molecule has 0 aliphatic rings. The van der Waals surface area contributed by atoms with Crippen molar-refractivity contribution >= 4 is 53.4 Å². The Labute approximate surface area is 91.3 Å². The molecule has 0 saturated heterocycles. The number of hydrogen-bond acceptors (Lipinski definition) is 6. The van der Waals surface area contributed by atoms with Crippen molar-refractivity contribution in [1.82, 2.24) is 9.97 Å². The fourth-order valence-electron chi connectivity index (χ4n) is 0.872. The van der Waals surface area contributed by atoms with Gasteiger partial charge in [0, 0.05) is 13.1 Å². The minimum atomic E-state index is 0.615. The number of hydrogen-bond donors (Lipinski definition) is 2. The third kappa shape index (κ3) is 1.98. The van der Waals surface area contributed by atoms with Crippen molar-refractivity contribution in [2.24, 2.45) is 5.73 Å². The molecule has 2 aromatic heterocycles. The van der Waals surface area contributed by atoms with Crippen LogP contribution in [0.5, 0.6) is 0 Å². The second-order valence-corrected chi connectivity index (χ2v) is 5.54. The van der Waals surface area contributed by atoms with E-state index in [0.717, 1.165) is 25.3 Å². The molecule has 0 aliphatic carbocycles. The Morgan fingerprint density at radius 3 is 2.77 bits per heavy atom. The van der Waals surface area contributed by atoms with Crippen LogP contribution in [-0.2, 0) is 0 Å². The lowest BCUT2D eigenvalue weighted by Crippen LogP contribution is -2.12. The van der Waals surface area contributed by atoms with Gasteiger partial charge in [-0.05, 0) is 15.9 Å². The first-order chi connectivity index (χ1) is 6.29. The molecule has 0 unspecified atom stereocenters. The van der Waals surface area contributed by atoms with Crippen LogP contribution in [0.2, 0.25) is 0 Å². The Kier molecular flexibility index (Phi) is 2.77. The molecule has 7 heteroatoms. The number of nitrogens with two attached hydrogens (primary N) is 1. The molecule has 0 saturated carbocycles. The highest BCUT2D eigenvalue weighted by Crippen LogP contribution is 2.31. The molecule has 3 N–H and O–H groups in total. The summed E-state index contributed by atoms with van der Waals surface area (Å²) in [5, 5.41) is 4.02. The summed E-state index contributed by atoms with van der Waals surface area (Å²) in [5.74, 6) is 0. The number of aromatic nitrogens is 2. The van der Waals surface area contributed by atoms with Crippen molar-refractivity contribution in [2.45, 2.75) is 0 Å². The fraction of sp³-hybridized carbons (Fsp3) is 0.333. The quantitative estimate of drug-likeness (QED) is 0.900. The van der Waals surface area contributed by atoms with Gasteiger partial charge in [0.25, 0.3) is 0 Å². The molecule has 70 valence electrons. The third-order valence-electron chi connectivity index (χ3n) is 1.37. The van der Waals surface area contributed by atoms with Crippen molar-refractivity contribution in [1.29, 1.82) is 0 Å². The molecule has 13 heavy (non-hydrogen) atoms. The normalized spacial score (nSPS) is 10.9. The Balaban J connectivity index is 2.24. The third-order valence-corrected chi connectivity index (χ3v) is 3.81. The summed E-state index contributed by atoms with van der Waals surface area (Å²) in [7, 11) is 0. The van der Waals surface area contributed by atoms with E-state index in [1.165, 1.54) is 0 Å². The molecule has 0 atom stereocenters. The maximum absolute atomic E-state index is 5.36. The van der Waals surface area contributed by atoms with Crippen LogP contribution in [0.15, 0.2) is 3.92 Å².